The Kier molecular flexibility index (Phi) is 3.90. The van der Waals surface area contributed by atoms with Crippen molar-refractivity contribution in [2.45, 2.75) is 45.6 Å². The van der Waals surface area contributed by atoms with Gasteiger partial charge in [-0.05, 0) is 44.7 Å². The van der Waals surface area contributed by atoms with Gasteiger partial charge in [-0.2, -0.15) is 0 Å². The summed E-state index contributed by atoms with van der Waals surface area (Å²) < 4.78 is 0. The monoisotopic (exact) mass is 247 g/mol. The molecular formula is C15H21NO2. The zero-order valence-electron chi connectivity index (χ0n) is 11.1. The van der Waals surface area contributed by atoms with Crippen LogP contribution in [0, 0.1) is 12.8 Å². The second-order valence-electron chi connectivity index (χ2n) is 5.33. The highest BCUT2D eigenvalue weighted by Gasteiger charge is 2.23. The van der Waals surface area contributed by atoms with Crippen LogP contribution in [-0.2, 0) is 0 Å². The Bertz CT molecular complexity index is 436. The van der Waals surface area contributed by atoms with Gasteiger partial charge >= 0.3 is 0 Å². The van der Waals surface area contributed by atoms with Crippen molar-refractivity contribution in [2.75, 3.05) is 0 Å². The average Bonchev–Trinajstić information content (AvgIpc) is 2.85. The number of benzene rings is 1. The van der Waals surface area contributed by atoms with Crippen LogP contribution in [0.4, 0.5) is 0 Å². The number of phenolic OH excluding ortho intramolecular Hbond substituents is 1. The Balaban J connectivity index is 2.04. The topological polar surface area (TPSA) is 49.3 Å². The van der Waals surface area contributed by atoms with E-state index in [1.165, 1.54) is 25.7 Å². The lowest BCUT2D eigenvalue weighted by atomic mass is 9.99. The molecule has 1 unspecified atom stereocenters. The molecule has 2 N–H and O–H groups in total. The molecule has 0 aromatic heterocycles. The molecule has 18 heavy (non-hydrogen) atoms. The molecule has 1 amide bonds. The molecule has 1 aliphatic rings. The molecule has 1 fully saturated rings. The summed E-state index contributed by atoms with van der Waals surface area (Å²) >= 11 is 0. The molecule has 1 saturated carbocycles. The summed E-state index contributed by atoms with van der Waals surface area (Å²) in [7, 11) is 0. The van der Waals surface area contributed by atoms with Crippen LogP contribution >= 0.6 is 0 Å². The molecule has 0 bridgehead atoms. The van der Waals surface area contributed by atoms with E-state index in [1.54, 1.807) is 18.2 Å². The van der Waals surface area contributed by atoms with Crippen molar-refractivity contribution >= 4 is 5.91 Å². The highest BCUT2D eigenvalue weighted by Crippen LogP contribution is 2.28. The highest BCUT2D eigenvalue weighted by molar-refractivity contribution is 5.97. The number of carbonyl (C=O) groups excluding carboxylic acids is 1. The Morgan fingerprint density at radius 2 is 2.06 bits per heavy atom. The Morgan fingerprint density at radius 3 is 2.72 bits per heavy atom. The molecule has 3 nitrogen and oxygen atoms in total. The number of hydrogen-bond acceptors (Lipinski definition) is 2. The number of hydrogen-bond donors (Lipinski definition) is 2. The Hall–Kier alpha value is -1.51. The molecule has 0 saturated heterocycles. The van der Waals surface area contributed by atoms with Gasteiger partial charge in [0, 0.05) is 6.04 Å². The molecule has 2 rings (SSSR count). The fourth-order valence-electron chi connectivity index (χ4n) is 2.69. The summed E-state index contributed by atoms with van der Waals surface area (Å²) in [5.41, 5.74) is 1.35. The van der Waals surface area contributed by atoms with E-state index in [1.807, 2.05) is 6.92 Å². The Morgan fingerprint density at radius 1 is 1.39 bits per heavy atom. The first-order valence-corrected chi connectivity index (χ1v) is 6.68. The van der Waals surface area contributed by atoms with Crippen LogP contribution in [0.2, 0.25) is 0 Å². The predicted molar refractivity (Wildman–Crippen MR) is 71.7 cm³/mol. The quantitative estimate of drug-likeness (QED) is 0.862. The summed E-state index contributed by atoms with van der Waals surface area (Å²) in [5, 5.41) is 12.7. The predicted octanol–water partition coefficient (Wildman–Crippen LogP) is 3.01. The normalized spacial score (nSPS) is 17.7. The third-order valence-corrected chi connectivity index (χ3v) is 3.86. The minimum atomic E-state index is -0.171. The largest absolute Gasteiger partial charge is 0.507 e. The first-order valence-electron chi connectivity index (χ1n) is 6.68. The molecule has 1 aliphatic carbocycles. The molecule has 0 aliphatic heterocycles. The van der Waals surface area contributed by atoms with Gasteiger partial charge in [-0.3, -0.25) is 4.79 Å². The van der Waals surface area contributed by atoms with E-state index >= 15 is 0 Å². The van der Waals surface area contributed by atoms with Crippen LogP contribution in [0.5, 0.6) is 5.75 Å². The molecule has 0 heterocycles. The highest BCUT2D eigenvalue weighted by atomic mass is 16.3. The lowest BCUT2D eigenvalue weighted by Crippen LogP contribution is -2.37. The maximum absolute atomic E-state index is 12.1. The van der Waals surface area contributed by atoms with E-state index in [-0.39, 0.29) is 17.7 Å². The minimum absolute atomic E-state index is 0.0525. The van der Waals surface area contributed by atoms with Crippen LogP contribution in [0.1, 0.15) is 48.5 Å². The van der Waals surface area contributed by atoms with Crippen molar-refractivity contribution in [3.05, 3.63) is 29.3 Å². The van der Waals surface area contributed by atoms with Crippen LogP contribution in [0.25, 0.3) is 0 Å². The van der Waals surface area contributed by atoms with Crippen LogP contribution < -0.4 is 5.32 Å². The summed E-state index contributed by atoms with van der Waals surface area (Å²) in [6.07, 6.45) is 4.92. The maximum atomic E-state index is 12.1. The SMILES string of the molecule is Cc1ccc(O)c(C(=O)NC(C)C2CCCC2)c1. The molecule has 1 aromatic rings. The second kappa shape index (κ2) is 5.42. The summed E-state index contributed by atoms with van der Waals surface area (Å²) in [6.45, 7) is 3.97. The number of aryl methyl sites for hydroxylation is 1. The van der Waals surface area contributed by atoms with Gasteiger partial charge in [-0.15, -0.1) is 0 Å². The lowest BCUT2D eigenvalue weighted by molar-refractivity contribution is 0.0924. The van der Waals surface area contributed by atoms with Crippen molar-refractivity contribution in [1.82, 2.24) is 5.32 Å². The van der Waals surface area contributed by atoms with Gasteiger partial charge in [-0.1, -0.05) is 24.5 Å². The molecule has 3 heteroatoms. The molecule has 1 atom stereocenters. The first-order chi connectivity index (χ1) is 8.58. The van der Waals surface area contributed by atoms with E-state index < -0.39 is 0 Å². The van der Waals surface area contributed by atoms with Gasteiger partial charge < -0.3 is 10.4 Å². The molecule has 0 radical (unpaired) electrons. The van der Waals surface area contributed by atoms with E-state index in [0.29, 0.717) is 11.5 Å². The third kappa shape index (κ3) is 2.84. The number of amides is 1. The fraction of sp³-hybridized carbons (Fsp3) is 0.533. The lowest BCUT2D eigenvalue weighted by Gasteiger charge is -2.20. The zero-order chi connectivity index (χ0) is 13.1. The molecule has 98 valence electrons. The van der Waals surface area contributed by atoms with Crippen molar-refractivity contribution < 1.29 is 9.90 Å². The van der Waals surface area contributed by atoms with Gasteiger partial charge in [0.2, 0.25) is 0 Å². The van der Waals surface area contributed by atoms with E-state index in [9.17, 15) is 9.90 Å². The van der Waals surface area contributed by atoms with Gasteiger partial charge in [0.15, 0.2) is 0 Å². The van der Waals surface area contributed by atoms with Crippen LogP contribution in [-0.4, -0.2) is 17.1 Å². The Labute approximate surface area is 108 Å². The van der Waals surface area contributed by atoms with Crippen molar-refractivity contribution in [1.29, 1.82) is 0 Å². The van der Waals surface area contributed by atoms with E-state index in [2.05, 4.69) is 12.2 Å². The molecule has 0 spiro atoms. The number of nitrogens with one attached hydrogen (secondary N) is 1. The summed E-state index contributed by atoms with van der Waals surface area (Å²) in [4.78, 5) is 12.1. The molecule has 1 aromatic carbocycles. The smallest absolute Gasteiger partial charge is 0.255 e. The van der Waals surface area contributed by atoms with E-state index in [4.69, 9.17) is 0 Å². The summed E-state index contributed by atoms with van der Waals surface area (Å²) in [5.74, 6) is 0.466. The van der Waals surface area contributed by atoms with E-state index in [0.717, 1.165) is 5.56 Å². The van der Waals surface area contributed by atoms with Crippen molar-refractivity contribution in [3.63, 3.8) is 0 Å². The minimum Gasteiger partial charge on any atom is -0.507 e. The standard InChI is InChI=1S/C15H21NO2/c1-10-7-8-14(17)13(9-10)15(18)16-11(2)12-5-3-4-6-12/h7-9,11-12,17H,3-6H2,1-2H3,(H,16,18). The number of rotatable bonds is 3. The van der Waals surface area contributed by atoms with Gasteiger partial charge in [0.05, 0.1) is 5.56 Å². The zero-order valence-corrected chi connectivity index (χ0v) is 11.1. The maximum Gasteiger partial charge on any atom is 0.255 e. The first kappa shape index (κ1) is 12.9. The average molecular weight is 247 g/mol. The fourth-order valence-corrected chi connectivity index (χ4v) is 2.69. The third-order valence-electron chi connectivity index (χ3n) is 3.86. The second-order valence-corrected chi connectivity index (χ2v) is 5.33. The number of phenols is 1. The van der Waals surface area contributed by atoms with Gasteiger partial charge in [-0.25, -0.2) is 0 Å². The summed E-state index contributed by atoms with van der Waals surface area (Å²) in [6, 6.07) is 5.28. The van der Waals surface area contributed by atoms with Gasteiger partial charge in [0.1, 0.15) is 5.75 Å². The van der Waals surface area contributed by atoms with Crippen LogP contribution in [0.3, 0.4) is 0 Å². The molecular weight excluding hydrogens is 226 g/mol. The number of carbonyl (C=O) groups is 1. The number of aromatic hydroxyl groups is 1. The van der Waals surface area contributed by atoms with Gasteiger partial charge in [0.25, 0.3) is 5.91 Å². The van der Waals surface area contributed by atoms with Crippen LogP contribution in [0.15, 0.2) is 18.2 Å². The van der Waals surface area contributed by atoms with Crippen molar-refractivity contribution in [2.24, 2.45) is 5.92 Å². The van der Waals surface area contributed by atoms with Crippen molar-refractivity contribution in [3.8, 4) is 5.75 Å².